The minimum absolute atomic E-state index is 0.134. The van der Waals surface area contributed by atoms with E-state index in [-0.39, 0.29) is 11.5 Å². The Hall–Kier alpha value is -0.940. The van der Waals surface area contributed by atoms with Crippen LogP contribution in [0.1, 0.15) is 30.1 Å². The van der Waals surface area contributed by atoms with Crippen LogP contribution >= 0.6 is 15.9 Å². The number of likely N-dealkylation sites (N-methyl/N-ethyl adjacent to an activating group) is 1. The standard InChI is InChI=1S/C14H18BrFN2O/c1-2-18(9-10-5-4-8-17-10)14(19)11-6-3-7-12(15)13(11)16/h3,6-7,10,17H,2,4-5,8-9H2,1H3. The van der Waals surface area contributed by atoms with Crippen molar-refractivity contribution < 1.29 is 9.18 Å². The summed E-state index contributed by atoms with van der Waals surface area (Å²) in [4.78, 5) is 14.1. The number of halogens is 2. The fourth-order valence-electron chi connectivity index (χ4n) is 2.37. The summed E-state index contributed by atoms with van der Waals surface area (Å²) in [6, 6.07) is 5.15. The van der Waals surface area contributed by atoms with Crippen molar-refractivity contribution in [1.82, 2.24) is 10.2 Å². The number of rotatable bonds is 4. The molecule has 0 radical (unpaired) electrons. The molecule has 2 rings (SSSR count). The quantitative estimate of drug-likeness (QED) is 0.921. The van der Waals surface area contributed by atoms with E-state index in [0.29, 0.717) is 23.6 Å². The van der Waals surface area contributed by atoms with Crippen LogP contribution in [0.3, 0.4) is 0 Å². The van der Waals surface area contributed by atoms with Crippen LogP contribution in [0.25, 0.3) is 0 Å². The van der Waals surface area contributed by atoms with E-state index in [1.54, 1.807) is 17.0 Å². The van der Waals surface area contributed by atoms with Crippen molar-refractivity contribution in [2.75, 3.05) is 19.6 Å². The molecular formula is C14H18BrFN2O. The van der Waals surface area contributed by atoms with Gasteiger partial charge in [0.2, 0.25) is 0 Å². The second-order valence-electron chi connectivity index (χ2n) is 4.74. The summed E-state index contributed by atoms with van der Waals surface area (Å²) in [5, 5.41) is 3.36. The maximum Gasteiger partial charge on any atom is 0.256 e. The number of amides is 1. The number of hydrogen-bond acceptors (Lipinski definition) is 2. The number of hydrogen-bond donors (Lipinski definition) is 1. The molecule has 104 valence electrons. The number of carbonyl (C=O) groups is 1. The van der Waals surface area contributed by atoms with E-state index in [1.165, 1.54) is 6.07 Å². The van der Waals surface area contributed by atoms with Gasteiger partial charge in [-0.1, -0.05) is 6.07 Å². The molecule has 1 heterocycles. The van der Waals surface area contributed by atoms with Crippen molar-refractivity contribution in [2.45, 2.75) is 25.8 Å². The molecule has 1 aromatic carbocycles. The summed E-state index contributed by atoms with van der Waals surface area (Å²) in [6.45, 7) is 4.15. The van der Waals surface area contributed by atoms with Crippen LogP contribution in [0.5, 0.6) is 0 Å². The number of nitrogens with zero attached hydrogens (tertiary/aromatic N) is 1. The van der Waals surface area contributed by atoms with Gasteiger partial charge in [-0.25, -0.2) is 4.39 Å². The molecule has 1 unspecified atom stereocenters. The third kappa shape index (κ3) is 3.34. The van der Waals surface area contributed by atoms with Crippen LogP contribution in [0.2, 0.25) is 0 Å². The molecule has 5 heteroatoms. The van der Waals surface area contributed by atoms with Gasteiger partial charge in [0, 0.05) is 19.1 Å². The maximum absolute atomic E-state index is 14.0. The summed E-state index contributed by atoms with van der Waals surface area (Å²) in [7, 11) is 0. The molecule has 1 amide bonds. The van der Waals surface area contributed by atoms with Crippen LogP contribution in [0.15, 0.2) is 22.7 Å². The normalized spacial score (nSPS) is 18.6. The molecule has 0 aromatic heterocycles. The van der Waals surface area contributed by atoms with E-state index in [2.05, 4.69) is 21.2 Å². The maximum atomic E-state index is 14.0. The SMILES string of the molecule is CCN(CC1CCCN1)C(=O)c1cccc(Br)c1F. The highest BCUT2D eigenvalue weighted by atomic mass is 79.9. The van der Waals surface area contributed by atoms with E-state index in [1.807, 2.05) is 6.92 Å². The van der Waals surface area contributed by atoms with Crippen LogP contribution in [0.4, 0.5) is 4.39 Å². The summed E-state index contributed by atoms with van der Waals surface area (Å²) in [5.41, 5.74) is 0.134. The molecule has 1 N–H and O–H groups in total. The van der Waals surface area contributed by atoms with Gasteiger partial charge >= 0.3 is 0 Å². The first kappa shape index (κ1) is 14.5. The molecule has 0 saturated carbocycles. The first-order valence-electron chi connectivity index (χ1n) is 6.60. The zero-order valence-corrected chi connectivity index (χ0v) is 12.5. The molecule has 1 saturated heterocycles. The van der Waals surface area contributed by atoms with Crippen molar-refractivity contribution in [3.8, 4) is 0 Å². The molecule has 1 aromatic rings. The highest BCUT2D eigenvalue weighted by Gasteiger charge is 2.23. The monoisotopic (exact) mass is 328 g/mol. The summed E-state index contributed by atoms with van der Waals surface area (Å²) in [5.74, 6) is -0.722. The lowest BCUT2D eigenvalue weighted by Crippen LogP contribution is -2.41. The third-order valence-corrected chi connectivity index (χ3v) is 4.07. The third-order valence-electron chi connectivity index (χ3n) is 3.45. The fraction of sp³-hybridized carbons (Fsp3) is 0.500. The molecule has 3 nitrogen and oxygen atoms in total. The second-order valence-corrected chi connectivity index (χ2v) is 5.59. The molecular weight excluding hydrogens is 311 g/mol. The molecule has 1 atom stereocenters. The van der Waals surface area contributed by atoms with Gasteiger partial charge in [0.1, 0.15) is 5.82 Å². The lowest BCUT2D eigenvalue weighted by Gasteiger charge is -2.24. The smallest absolute Gasteiger partial charge is 0.256 e. The van der Waals surface area contributed by atoms with E-state index in [0.717, 1.165) is 19.4 Å². The highest BCUT2D eigenvalue weighted by molar-refractivity contribution is 9.10. The Morgan fingerprint density at radius 2 is 2.37 bits per heavy atom. The number of nitrogens with one attached hydrogen (secondary N) is 1. The predicted octanol–water partition coefficient (Wildman–Crippen LogP) is 2.80. The van der Waals surface area contributed by atoms with E-state index in [4.69, 9.17) is 0 Å². The second kappa shape index (κ2) is 6.48. The molecule has 0 bridgehead atoms. The molecule has 0 spiro atoms. The summed E-state index contributed by atoms with van der Waals surface area (Å²) < 4.78 is 14.3. The van der Waals surface area contributed by atoms with Gasteiger partial charge < -0.3 is 10.2 Å². The van der Waals surface area contributed by atoms with Crippen molar-refractivity contribution in [3.63, 3.8) is 0 Å². The van der Waals surface area contributed by atoms with Gasteiger partial charge in [-0.05, 0) is 54.4 Å². The average Bonchev–Trinajstić information content (AvgIpc) is 2.91. The van der Waals surface area contributed by atoms with Gasteiger partial charge in [-0.3, -0.25) is 4.79 Å². The lowest BCUT2D eigenvalue weighted by molar-refractivity contribution is 0.0746. The Labute approximate surface area is 121 Å². The number of benzene rings is 1. The fourth-order valence-corrected chi connectivity index (χ4v) is 2.74. The minimum atomic E-state index is -0.481. The predicted molar refractivity (Wildman–Crippen MR) is 76.7 cm³/mol. The van der Waals surface area contributed by atoms with E-state index < -0.39 is 5.82 Å². The van der Waals surface area contributed by atoms with Gasteiger partial charge in [0.05, 0.1) is 10.0 Å². The lowest BCUT2D eigenvalue weighted by atomic mass is 10.1. The average molecular weight is 329 g/mol. The zero-order chi connectivity index (χ0) is 13.8. The Balaban J connectivity index is 2.13. The van der Waals surface area contributed by atoms with E-state index >= 15 is 0 Å². The summed E-state index contributed by atoms with van der Waals surface area (Å²) in [6.07, 6.45) is 2.21. The Bertz CT molecular complexity index is 461. The van der Waals surface area contributed by atoms with Gasteiger partial charge in [-0.15, -0.1) is 0 Å². The minimum Gasteiger partial charge on any atom is -0.337 e. The van der Waals surface area contributed by atoms with Gasteiger partial charge in [0.15, 0.2) is 0 Å². The Kier molecular flexibility index (Phi) is 4.93. The van der Waals surface area contributed by atoms with Gasteiger partial charge in [0.25, 0.3) is 5.91 Å². The Morgan fingerprint density at radius 3 is 3.00 bits per heavy atom. The van der Waals surface area contributed by atoms with Crippen LogP contribution in [-0.4, -0.2) is 36.5 Å². The van der Waals surface area contributed by atoms with Crippen molar-refractivity contribution >= 4 is 21.8 Å². The van der Waals surface area contributed by atoms with Crippen molar-refractivity contribution in [3.05, 3.63) is 34.1 Å². The van der Waals surface area contributed by atoms with E-state index in [9.17, 15) is 9.18 Å². The number of carbonyl (C=O) groups excluding carboxylic acids is 1. The first-order chi connectivity index (χ1) is 9.13. The largest absolute Gasteiger partial charge is 0.337 e. The topological polar surface area (TPSA) is 32.3 Å². The molecule has 1 aliphatic heterocycles. The summed E-state index contributed by atoms with van der Waals surface area (Å²) >= 11 is 3.12. The molecule has 1 aliphatic rings. The van der Waals surface area contributed by atoms with Crippen molar-refractivity contribution in [1.29, 1.82) is 0 Å². The Morgan fingerprint density at radius 1 is 1.58 bits per heavy atom. The van der Waals surface area contributed by atoms with Gasteiger partial charge in [-0.2, -0.15) is 0 Å². The first-order valence-corrected chi connectivity index (χ1v) is 7.39. The van der Waals surface area contributed by atoms with Crippen LogP contribution < -0.4 is 5.32 Å². The zero-order valence-electron chi connectivity index (χ0n) is 11.0. The van der Waals surface area contributed by atoms with Crippen LogP contribution in [-0.2, 0) is 0 Å². The van der Waals surface area contributed by atoms with Crippen molar-refractivity contribution in [2.24, 2.45) is 0 Å². The molecule has 19 heavy (non-hydrogen) atoms. The molecule has 1 fully saturated rings. The highest BCUT2D eigenvalue weighted by Crippen LogP contribution is 2.20. The molecule has 0 aliphatic carbocycles. The van der Waals surface area contributed by atoms with Crippen LogP contribution in [0, 0.1) is 5.82 Å².